The molecule has 0 aliphatic heterocycles. The molecule has 0 amide bonds. The van der Waals surface area contributed by atoms with E-state index >= 15 is 0 Å². The quantitative estimate of drug-likeness (QED) is 0.895. The smallest absolute Gasteiger partial charge is 0.244 e. The molecule has 4 nitrogen and oxygen atoms in total. The van der Waals surface area contributed by atoms with Crippen LogP contribution in [0.4, 0.5) is 0 Å². The minimum absolute atomic E-state index is 0.209. The second kappa shape index (κ2) is 5.71. The standard InChI is InChI=1S/C13H21NO3S/c1-6-17-12-7-10(4)11(9(2)3)8-13(12)18(15,16)14-5/h7-9,14H,6H2,1-5H3. The summed E-state index contributed by atoms with van der Waals surface area (Å²) in [5, 5.41) is 0. The zero-order valence-electron chi connectivity index (χ0n) is 11.6. The van der Waals surface area contributed by atoms with Crippen LogP contribution in [-0.4, -0.2) is 22.1 Å². The van der Waals surface area contributed by atoms with Crippen molar-refractivity contribution in [3.05, 3.63) is 23.3 Å². The molecule has 0 atom stereocenters. The molecule has 1 aromatic rings. The van der Waals surface area contributed by atoms with Gasteiger partial charge in [0.2, 0.25) is 10.0 Å². The number of hydrogen-bond donors (Lipinski definition) is 1. The first-order valence-electron chi connectivity index (χ1n) is 6.04. The van der Waals surface area contributed by atoms with Gasteiger partial charge in [0, 0.05) is 0 Å². The number of aryl methyl sites for hydroxylation is 1. The van der Waals surface area contributed by atoms with Crippen LogP contribution in [0.3, 0.4) is 0 Å². The average molecular weight is 271 g/mol. The lowest BCUT2D eigenvalue weighted by Crippen LogP contribution is -2.20. The predicted molar refractivity (Wildman–Crippen MR) is 72.7 cm³/mol. The zero-order valence-corrected chi connectivity index (χ0v) is 12.4. The number of hydrogen-bond acceptors (Lipinski definition) is 3. The van der Waals surface area contributed by atoms with E-state index in [1.807, 2.05) is 27.7 Å². The van der Waals surface area contributed by atoms with Gasteiger partial charge in [0.1, 0.15) is 10.6 Å². The second-order valence-corrected chi connectivity index (χ2v) is 6.31. The van der Waals surface area contributed by atoms with Crippen LogP contribution >= 0.6 is 0 Å². The van der Waals surface area contributed by atoms with Crippen LogP contribution < -0.4 is 9.46 Å². The third kappa shape index (κ3) is 3.03. The fourth-order valence-electron chi connectivity index (χ4n) is 1.89. The molecule has 5 heteroatoms. The maximum absolute atomic E-state index is 12.0. The van der Waals surface area contributed by atoms with Crippen molar-refractivity contribution in [3.8, 4) is 5.75 Å². The minimum Gasteiger partial charge on any atom is -0.492 e. The van der Waals surface area contributed by atoms with E-state index in [2.05, 4.69) is 4.72 Å². The van der Waals surface area contributed by atoms with E-state index in [-0.39, 0.29) is 10.8 Å². The molecule has 1 N–H and O–H groups in total. The molecule has 0 radical (unpaired) electrons. The molecule has 0 aliphatic carbocycles. The fraction of sp³-hybridized carbons (Fsp3) is 0.538. The summed E-state index contributed by atoms with van der Waals surface area (Å²) in [7, 11) is -2.10. The van der Waals surface area contributed by atoms with Gasteiger partial charge >= 0.3 is 0 Å². The highest BCUT2D eigenvalue weighted by atomic mass is 32.2. The SMILES string of the molecule is CCOc1cc(C)c(C(C)C)cc1S(=O)(=O)NC. The maximum Gasteiger partial charge on any atom is 0.244 e. The molecular formula is C13H21NO3S. The van der Waals surface area contributed by atoms with Crippen LogP contribution in [0.25, 0.3) is 0 Å². The molecule has 102 valence electrons. The molecular weight excluding hydrogens is 250 g/mol. The Hall–Kier alpha value is -1.07. The van der Waals surface area contributed by atoms with Crippen molar-refractivity contribution in [2.45, 2.75) is 38.5 Å². The molecule has 1 rings (SSSR count). The van der Waals surface area contributed by atoms with Gasteiger partial charge in [-0.25, -0.2) is 13.1 Å². The lowest BCUT2D eigenvalue weighted by Gasteiger charge is -2.16. The molecule has 0 aromatic heterocycles. The van der Waals surface area contributed by atoms with Crippen molar-refractivity contribution in [3.63, 3.8) is 0 Å². The molecule has 0 heterocycles. The lowest BCUT2D eigenvalue weighted by molar-refractivity contribution is 0.330. The van der Waals surface area contributed by atoms with E-state index in [4.69, 9.17) is 4.74 Å². The number of sulfonamides is 1. The van der Waals surface area contributed by atoms with Gasteiger partial charge in [-0.15, -0.1) is 0 Å². The van der Waals surface area contributed by atoms with Crippen molar-refractivity contribution in [2.24, 2.45) is 0 Å². The Morgan fingerprint density at radius 1 is 1.33 bits per heavy atom. The largest absolute Gasteiger partial charge is 0.492 e. The fourth-order valence-corrected chi connectivity index (χ4v) is 2.77. The van der Waals surface area contributed by atoms with Crippen LogP contribution in [0.15, 0.2) is 17.0 Å². The lowest BCUT2D eigenvalue weighted by atomic mass is 9.98. The van der Waals surface area contributed by atoms with Crippen molar-refractivity contribution in [2.75, 3.05) is 13.7 Å². The molecule has 0 unspecified atom stereocenters. The second-order valence-electron chi connectivity index (χ2n) is 4.45. The first-order chi connectivity index (χ1) is 8.33. The molecule has 0 spiro atoms. The molecule has 0 saturated carbocycles. The summed E-state index contributed by atoms with van der Waals surface area (Å²) >= 11 is 0. The van der Waals surface area contributed by atoms with Crippen LogP contribution in [0.2, 0.25) is 0 Å². The van der Waals surface area contributed by atoms with Gasteiger partial charge in [0.05, 0.1) is 6.61 Å². The van der Waals surface area contributed by atoms with E-state index < -0.39 is 10.0 Å². The summed E-state index contributed by atoms with van der Waals surface area (Å²) < 4.78 is 31.7. The van der Waals surface area contributed by atoms with Gasteiger partial charge in [0.15, 0.2) is 0 Å². The van der Waals surface area contributed by atoms with Crippen molar-refractivity contribution >= 4 is 10.0 Å². The molecule has 1 aromatic carbocycles. The van der Waals surface area contributed by atoms with E-state index in [9.17, 15) is 8.42 Å². The number of benzene rings is 1. The number of ether oxygens (including phenoxy) is 1. The van der Waals surface area contributed by atoms with E-state index in [1.165, 1.54) is 7.05 Å². The highest BCUT2D eigenvalue weighted by Gasteiger charge is 2.20. The minimum atomic E-state index is -3.50. The van der Waals surface area contributed by atoms with E-state index in [1.54, 1.807) is 12.1 Å². The summed E-state index contributed by atoms with van der Waals surface area (Å²) in [4.78, 5) is 0.209. The van der Waals surface area contributed by atoms with Crippen molar-refractivity contribution in [1.82, 2.24) is 4.72 Å². The van der Waals surface area contributed by atoms with Gasteiger partial charge in [-0.05, 0) is 50.1 Å². The van der Waals surface area contributed by atoms with Crippen LogP contribution in [0.5, 0.6) is 5.75 Å². The summed E-state index contributed by atoms with van der Waals surface area (Å²) in [5.74, 6) is 0.681. The number of rotatable bonds is 5. The zero-order chi connectivity index (χ0) is 13.9. The van der Waals surface area contributed by atoms with Crippen molar-refractivity contribution < 1.29 is 13.2 Å². The van der Waals surface area contributed by atoms with Crippen LogP contribution in [0, 0.1) is 6.92 Å². The Morgan fingerprint density at radius 2 is 1.94 bits per heavy atom. The Labute approximate surface area is 109 Å². The first kappa shape index (κ1) is 15.0. The van der Waals surface area contributed by atoms with Crippen molar-refractivity contribution in [1.29, 1.82) is 0 Å². The van der Waals surface area contributed by atoms with Crippen LogP contribution in [-0.2, 0) is 10.0 Å². The third-order valence-corrected chi connectivity index (χ3v) is 4.25. The Balaban J connectivity index is 3.50. The number of nitrogens with one attached hydrogen (secondary N) is 1. The molecule has 0 saturated heterocycles. The van der Waals surface area contributed by atoms with E-state index in [0.29, 0.717) is 12.4 Å². The highest BCUT2D eigenvalue weighted by Crippen LogP contribution is 2.31. The maximum atomic E-state index is 12.0. The normalized spacial score (nSPS) is 11.9. The Bertz CT molecular complexity index is 521. The van der Waals surface area contributed by atoms with Crippen LogP contribution in [0.1, 0.15) is 37.8 Å². The Morgan fingerprint density at radius 3 is 2.39 bits per heavy atom. The summed E-state index contributed by atoms with van der Waals surface area (Å²) in [6, 6.07) is 3.50. The van der Waals surface area contributed by atoms with Gasteiger partial charge in [-0.3, -0.25) is 0 Å². The molecule has 0 bridgehead atoms. The van der Waals surface area contributed by atoms with Gasteiger partial charge in [-0.1, -0.05) is 13.8 Å². The molecule has 0 aliphatic rings. The van der Waals surface area contributed by atoms with Gasteiger partial charge in [-0.2, -0.15) is 0 Å². The van der Waals surface area contributed by atoms with Gasteiger partial charge in [0.25, 0.3) is 0 Å². The monoisotopic (exact) mass is 271 g/mol. The summed E-state index contributed by atoms with van der Waals surface area (Å²) in [6.07, 6.45) is 0. The van der Waals surface area contributed by atoms with E-state index in [0.717, 1.165) is 11.1 Å². The predicted octanol–water partition coefficient (Wildman–Crippen LogP) is 2.43. The first-order valence-corrected chi connectivity index (χ1v) is 7.52. The Kier molecular flexibility index (Phi) is 4.76. The highest BCUT2D eigenvalue weighted by molar-refractivity contribution is 7.89. The van der Waals surface area contributed by atoms with Gasteiger partial charge < -0.3 is 4.74 Å². The summed E-state index contributed by atoms with van der Waals surface area (Å²) in [6.45, 7) is 8.32. The molecule has 0 fully saturated rings. The third-order valence-electron chi connectivity index (χ3n) is 2.81. The summed E-state index contributed by atoms with van der Waals surface area (Å²) in [5.41, 5.74) is 2.07. The topological polar surface area (TPSA) is 55.4 Å². The average Bonchev–Trinajstić information content (AvgIpc) is 2.28. The molecule has 18 heavy (non-hydrogen) atoms.